The summed E-state index contributed by atoms with van der Waals surface area (Å²) in [6.07, 6.45) is 4.37. The second-order valence-electron chi connectivity index (χ2n) is 4.21. The highest BCUT2D eigenvalue weighted by Crippen LogP contribution is 2.15. The van der Waals surface area contributed by atoms with Crippen molar-refractivity contribution in [2.75, 3.05) is 13.2 Å². The van der Waals surface area contributed by atoms with Crippen molar-refractivity contribution in [3.05, 3.63) is 42.0 Å². The van der Waals surface area contributed by atoms with E-state index in [0.29, 0.717) is 13.0 Å². The first kappa shape index (κ1) is 13.3. The Labute approximate surface area is 107 Å². The van der Waals surface area contributed by atoms with Crippen LogP contribution < -0.4 is 0 Å². The second kappa shape index (κ2) is 5.65. The molecule has 0 spiro atoms. The summed E-state index contributed by atoms with van der Waals surface area (Å²) in [5, 5.41) is 0. The molecule has 98 valence electrons. The molecule has 1 heterocycles. The van der Waals surface area contributed by atoms with Crippen LogP contribution in [0.4, 0.5) is 0 Å². The molecule has 1 aromatic carbocycles. The van der Waals surface area contributed by atoms with Crippen LogP contribution in [-0.2, 0) is 19.0 Å². The maximum absolute atomic E-state index is 11.9. The lowest BCUT2D eigenvalue weighted by atomic mass is 10.2. The molecule has 0 aromatic heterocycles. The van der Waals surface area contributed by atoms with Gasteiger partial charge in [0.15, 0.2) is 0 Å². The molecule has 1 atom stereocenters. The molecule has 1 aliphatic heterocycles. The van der Waals surface area contributed by atoms with Crippen molar-refractivity contribution in [1.82, 2.24) is 0 Å². The smallest absolute Gasteiger partial charge is 0.297 e. The average Bonchev–Trinajstić information content (AvgIpc) is 2.38. The minimum Gasteiger partial charge on any atom is -0.371 e. The maximum atomic E-state index is 11.9. The zero-order chi connectivity index (χ0) is 13.0. The second-order valence-corrected chi connectivity index (χ2v) is 5.83. The van der Waals surface area contributed by atoms with Crippen molar-refractivity contribution in [3.63, 3.8) is 0 Å². The van der Waals surface area contributed by atoms with Crippen molar-refractivity contribution in [2.24, 2.45) is 0 Å². The predicted molar refractivity (Wildman–Crippen MR) is 67.8 cm³/mol. The summed E-state index contributed by atoms with van der Waals surface area (Å²) in [7, 11) is -3.68. The predicted octanol–water partition coefficient (Wildman–Crippen LogP) is 2.05. The van der Waals surface area contributed by atoms with Gasteiger partial charge in [-0.25, -0.2) is 0 Å². The molecule has 0 aliphatic carbocycles. The van der Waals surface area contributed by atoms with E-state index < -0.39 is 10.1 Å². The van der Waals surface area contributed by atoms with Crippen molar-refractivity contribution >= 4 is 10.1 Å². The first-order chi connectivity index (χ1) is 8.58. The third-order valence-corrected chi connectivity index (χ3v) is 4.01. The number of benzene rings is 1. The van der Waals surface area contributed by atoms with Gasteiger partial charge in [0.25, 0.3) is 10.1 Å². The molecule has 0 unspecified atom stereocenters. The topological polar surface area (TPSA) is 52.6 Å². The Morgan fingerprint density at radius 2 is 2.00 bits per heavy atom. The van der Waals surface area contributed by atoms with Gasteiger partial charge in [-0.05, 0) is 25.5 Å². The van der Waals surface area contributed by atoms with E-state index in [4.69, 9.17) is 8.92 Å². The molecular formula is C13H16O4S. The lowest BCUT2D eigenvalue weighted by Crippen LogP contribution is -2.24. The molecule has 4 nitrogen and oxygen atoms in total. The Hall–Kier alpha value is -1.17. The van der Waals surface area contributed by atoms with Gasteiger partial charge in [0, 0.05) is 0 Å². The fourth-order valence-corrected chi connectivity index (χ4v) is 2.57. The fraction of sp³-hybridized carbons (Fsp3) is 0.385. The van der Waals surface area contributed by atoms with Crippen LogP contribution in [0, 0.1) is 6.92 Å². The molecule has 0 bridgehead atoms. The van der Waals surface area contributed by atoms with E-state index in [2.05, 4.69) is 0 Å². The molecule has 0 saturated carbocycles. The first-order valence-corrected chi connectivity index (χ1v) is 7.21. The van der Waals surface area contributed by atoms with Gasteiger partial charge in [-0.15, -0.1) is 0 Å². The number of hydrogen-bond donors (Lipinski definition) is 0. The molecule has 5 heteroatoms. The van der Waals surface area contributed by atoms with E-state index in [9.17, 15) is 8.42 Å². The Balaban J connectivity index is 1.99. The molecule has 2 rings (SSSR count). The molecule has 0 fully saturated rings. The molecule has 0 radical (unpaired) electrons. The van der Waals surface area contributed by atoms with E-state index in [0.717, 1.165) is 5.56 Å². The minimum absolute atomic E-state index is 0.0561. The lowest BCUT2D eigenvalue weighted by Gasteiger charge is -2.18. The molecule has 0 saturated heterocycles. The van der Waals surface area contributed by atoms with Crippen LogP contribution in [0.5, 0.6) is 0 Å². The maximum Gasteiger partial charge on any atom is 0.297 e. The zero-order valence-electron chi connectivity index (χ0n) is 10.2. The third kappa shape index (κ3) is 3.41. The molecule has 0 amide bonds. The van der Waals surface area contributed by atoms with Gasteiger partial charge in [0.2, 0.25) is 0 Å². The van der Waals surface area contributed by atoms with Crippen LogP contribution in [-0.4, -0.2) is 27.7 Å². The van der Waals surface area contributed by atoms with Gasteiger partial charge in [0.05, 0.1) is 24.2 Å². The van der Waals surface area contributed by atoms with Crippen molar-refractivity contribution in [1.29, 1.82) is 0 Å². The fourth-order valence-electron chi connectivity index (χ4n) is 1.63. The van der Waals surface area contributed by atoms with Gasteiger partial charge in [0.1, 0.15) is 0 Å². The monoisotopic (exact) mass is 268 g/mol. The van der Waals surface area contributed by atoms with Crippen molar-refractivity contribution in [3.8, 4) is 0 Å². The van der Waals surface area contributed by atoms with Crippen LogP contribution in [0.1, 0.15) is 12.0 Å². The number of rotatable bonds is 4. The highest BCUT2D eigenvalue weighted by molar-refractivity contribution is 7.86. The summed E-state index contributed by atoms with van der Waals surface area (Å²) in [6.45, 7) is 2.47. The summed E-state index contributed by atoms with van der Waals surface area (Å²) >= 11 is 0. The van der Waals surface area contributed by atoms with Crippen molar-refractivity contribution < 1.29 is 17.3 Å². The molecular weight excluding hydrogens is 252 g/mol. The summed E-state index contributed by atoms with van der Waals surface area (Å²) in [6, 6.07) is 6.59. The Morgan fingerprint density at radius 3 is 2.61 bits per heavy atom. The summed E-state index contributed by atoms with van der Waals surface area (Å²) in [5.74, 6) is 0. The van der Waals surface area contributed by atoms with Gasteiger partial charge >= 0.3 is 0 Å². The minimum atomic E-state index is -3.68. The summed E-state index contributed by atoms with van der Waals surface area (Å²) in [4.78, 5) is 0.180. The average molecular weight is 268 g/mol. The van der Waals surface area contributed by atoms with Gasteiger partial charge < -0.3 is 4.74 Å². The van der Waals surface area contributed by atoms with Gasteiger partial charge in [-0.2, -0.15) is 8.42 Å². The molecule has 0 N–H and O–H groups in total. The molecule has 1 aromatic rings. The van der Waals surface area contributed by atoms with Gasteiger partial charge in [-0.1, -0.05) is 29.8 Å². The standard InChI is InChI=1S/C13H16O4S/c1-11-5-7-13(8-6-11)18(14,15)17-10-12-4-2-3-9-16-12/h2-3,5-8,12H,4,9-10H2,1H3/t12-/m1/s1. The SMILES string of the molecule is Cc1ccc(S(=O)(=O)OC[C@H]2CC=CCO2)cc1. The van der Waals surface area contributed by atoms with Crippen LogP contribution in [0.15, 0.2) is 41.3 Å². The lowest BCUT2D eigenvalue weighted by molar-refractivity contribution is 0.0334. The van der Waals surface area contributed by atoms with Crippen LogP contribution >= 0.6 is 0 Å². The number of hydrogen-bond acceptors (Lipinski definition) is 4. The third-order valence-electron chi connectivity index (χ3n) is 2.71. The number of aryl methyl sites for hydroxylation is 1. The Bertz CT molecular complexity index is 516. The van der Waals surface area contributed by atoms with Crippen molar-refractivity contribution in [2.45, 2.75) is 24.3 Å². The largest absolute Gasteiger partial charge is 0.371 e. The van der Waals surface area contributed by atoms with E-state index in [1.807, 2.05) is 19.1 Å². The highest BCUT2D eigenvalue weighted by atomic mass is 32.2. The Kier molecular flexibility index (Phi) is 4.16. The van der Waals surface area contributed by atoms with E-state index in [1.54, 1.807) is 24.3 Å². The molecule has 1 aliphatic rings. The summed E-state index contributed by atoms with van der Waals surface area (Å²) in [5.41, 5.74) is 1.01. The zero-order valence-corrected chi connectivity index (χ0v) is 11.0. The quantitative estimate of drug-likeness (QED) is 0.619. The number of ether oxygens (including phenoxy) is 1. The van der Waals surface area contributed by atoms with Crippen LogP contribution in [0.2, 0.25) is 0 Å². The van der Waals surface area contributed by atoms with Gasteiger partial charge in [-0.3, -0.25) is 4.18 Å². The molecule has 18 heavy (non-hydrogen) atoms. The van der Waals surface area contributed by atoms with E-state index >= 15 is 0 Å². The van der Waals surface area contributed by atoms with Crippen LogP contribution in [0.25, 0.3) is 0 Å². The van der Waals surface area contributed by atoms with E-state index in [1.165, 1.54) is 0 Å². The normalized spacial score (nSPS) is 19.9. The highest BCUT2D eigenvalue weighted by Gasteiger charge is 2.19. The van der Waals surface area contributed by atoms with E-state index in [-0.39, 0.29) is 17.6 Å². The Morgan fingerprint density at radius 1 is 1.28 bits per heavy atom. The van der Waals surface area contributed by atoms with Crippen LogP contribution in [0.3, 0.4) is 0 Å². The first-order valence-electron chi connectivity index (χ1n) is 5.80. The summed E-state index contributed by atoms with van der Waals surface area (Å²) < 4.78 is 34.1.